The Morgan fingerprint density at radius 2 is 2.06 bits per heavy atom. The van der Waals surface area contributed by atoms with Gasteiger partial charge < -0.3 is 14.8 Å². The largest absolute Gasteiger partial charge is 0.496 e. The Labute approximate surface area is 94.6 Å². The fraction of sp³-hybridized carbons (Fsp3) is 0.417. The average Bonchev–Trinajstić information content (AvgIpc) is 2.68. The van der Waals surface area contributed by atoms with Gasteiger partial charge in [-0.05, 0) is 37.1 Å². The van der Waals surface area contributed by atoms with Gasteiger partial charge in [-0.15, -0.1) is 0 Å². The lowest BCUT2D eigenvalue weighted by molar-refractivity contribution is 0.139. The minimum atomic E-state index is -0.370. The fourth-order valence-corrected chi connectivity index (χ4v) is 1.80. The lowest BCUT2D eigenvalue weighted by Crippen LogP contribution is -2.12. The summed E-state index contributed by atoms with van der Waals surface area (Å²) in [6, 6.07) is 3.98. The van der Waals surface area contributed by atoms with Crippen molar-refractivity contribution < 1.29 is 14.3 Å². The number of methoxy groups -OCH3 is 1. The molecule has 1 amide bonds. The van der Waals surface area contributed by atoms with E-state index < -0.39 is 0 Å². The summed E-state index contributed by atoms with van der Waals surface area (Å²) in [7, 11) is 1.62. The summed E-state index contributed by atoms with van der Waals surface area (Å²) in [5.74, 6) is 0.768. The van der Waals surface area contributed by atoms with Gasteiger partial charge in [0.2, 0.25) is 0 Å². The summed E-state index contributed by atoms with van der Waals surface area (Å²) >= 11 is 0. The van der Waals surface area contributed by atoms with Gasteiger partial charge in [0.25, 0.3) is 0 Å². The standard InChI is InChI=1S/C12H15NO3/c1-7-4-9(10(15-3)5-8(7)2)11-6-13-12(14)16-11/h4-5,11H,6H2,1-3H3,(H,13,14). The highest BCUT2D eigenvalue weighted by molar-refractivity contribution is 5.70. The molecule has 1 aromatic rings. The lowest BCUT2D eigenvalue weighted by atomic mass is 10.0. The van der Waals surface area contributed by atoms with Crippen LogP contribution in [0.5, 0.6) is 5.75 Å². The number of carbonyl (C=O) groups is 1. The Bertz CT molecular complexity index is 429. The topological polar surface area (TPSA) is 47.6 Å². The summed E-state index contributed by atoms with van der Waals surface area (Å²) in [4.78, 5) is 11.0. The number of cyclic esters (lactones) is 1. The molecule has 1 heterocycles. The first kappa shape index (κ1) is 10.8. The molecule has 1 N–H and O–H groups in total. The average molecular weight is 221 g/mol. The maximum Gasteiger partial charge on any atom is 0.407 e. The van der Waals surface area contributed by atoms with Crippen molar-refractivity contribution in [2.45, 2.75) is 20.0 Å². The monoisotopic (exact) mass is 221 g/mol. The molecule has 4 nitrogen and oxygen atoms in total. The number of alkyl carbamates (subject to hydrolysis) is 1. The Morgan fingerprint density at radius 3 is 2.62 bits per heavy atom. The summed E-state index contributed by atoms with van der Waals surface area (Å²) in [5, 5.41) is 2.64. The van der Waals surface area contributed by atoms with E-state index in [1.54, 1.807) is 7.11 Å². The second-order valence-electron chi connectivity index (χ2n) is 3.95. The number of rotatable bonds is 2. The normalized spacial score (nSPS) is 19.2. The van der Waals surface area contributed by atoms with Crippen molar-refractivity contribution in [1.29, 1.82) is 0 Å². The number of hydrogen-bond donors (Lipinski definition) is 1. The Morgan fingerprint density at radius 1 is 1.38 bits per heavy atom. The van der Waals surface area contributed by atoms with E-state index in [-0.39, 0.29) is 12.2 Å². The van der Waals surface area contributed by atoms with Crippen LogP contribution in [0.25, 0.3) is 0 Å². The number of ether oxygens (including phenoxy) is 2. The molecule has 0 spiro atoms. The van der Waals surface area contributed by atoms with Crippen molar-refractivity contribution >= 4 is 6.09 Å². The highest BCUT2D eigenvalue weighted by atomic mass is 16.6. The smallest absolute Gasteiger partial charge is 0.407 e. The van der Waals surface area contributed by atoms with Crippen LogP contribution in [0.2, 0.25) is 0 Å². The molecular formula is C12H15NO3. The van der Waals surface area contributed by atoms with Crippen molar-refractivity contribution in [3.8, 4) is 5.75 Å². The lowest BCUT2D eigenvalue weighted by Gasteiger charge is -2.15. The van der Waals surface area contributed by atoms with Gasteiger partial charge in [0.1, 0.15) is 11.9 Å². The summed E-state index contributed by atoms with van der Waals surface area (Å²) < 4.78 is 10.5. The van der Waals surface area contributed by atoms with Gasteiger partial charge in [-0.1, -0.05) is 0 Å². The van der Waals surface area contributed by atoms with E-state index in [1.807, 2.05) is 26.0 Å². The molecule has 16 heavy (non-hydrogen) atoms. The number of nitrogens with one attached hydrogen (secondary N) is 1. The fourth-order valence-electron chi connectivity index (χ4n) is 1.80. The van der Waals surface area contributed by atoms with Crippen molar-refractivity contribution in [2.24, 2.45) is 0 Å². The van der Waals surface area contributed by atoms with Crippen LogP contribution < -0.4 is 10.1 Å². The van der Waals surface area contributed by atoms with Gasteiger partial charge >= 0.3 is 6.09 Å². The Kier molecular flexibility index (Phi) is 2.73. The van der Waals surface area contributed by atoms with Crippen molar-refractivity contribution in [2.75, 3.05) is 13.7 Å². The van der Waals surface area contributed by atoms with Gasteiger partial charge in [-0.3, -0.25) is 0 Å². The number of aryl methyl sites for hydroxylation is 2. The van der Waals surface area contributed by atoms with Gasteiger partial charge in [0, 0.05) is 5.56 Å². The zero-order chi connectivity index (χ0) is 11.7. The SMILES string of the molecule is COc1cc(C)c(C)cc1C1CNC(=O)O1. The molecule has 4 heteroatoms. The molecule has 1 aliphatic heterocycles. The number of carbonyl (C=O) groups excluding carboxylic acids is 1. The number of benzene rings is 1. The first-order chi connectivity index (χ1) is 7.61. The zero-order valence-electron chi connectivity index (χ0n) is 9.66. The summed E-state index contributed by atoms with van der Waals surface area (Å²) in [6.45, 7) is 4.56. The van der Waals surface area contributed by atoms with Crippen LogP contribution in [-0.4, -0.2) is 19.7 Å². The van der Waals surface area contributed by atoms with E-state index in [9.17, 15) is 4.79 Å². The third-order valence-electron chi connectivity index (χ3n) is 2.87. The van der Waals surface area contributed by atoms with E-state index in [0.717, 1.165) is 16.9 Å². The molecule has 0 saturated carbocycles. The molecule has 0 aliphatic carbocycles. The van der Waals surface area contributed by atoms with Crippen molar-refractivity contribution in [3.05, 3.63) is 28.8 Å². The van der Waals surface area contributed by atoms with Crippen LogP contribution >= 0.6 is 0 Å². The second kappa shape index (κ2) is 4.04. The molecule has 2 rings (SSSR count). The predicted octanol–water partition coefficient (Wildman–Crippen LogP) is 2.09. The van der Waals surface area contributed by atoms with Gasteiger partial charge in [-0.2, -0.15) is 0 Å². The van der Waals surface area contributed by atoms with Gasteiger partial charge in [-0.25, -0.2) is 4.79 Å². The predicted molar refractivity (Wildman–Crippen MR) is 59.7 cm³/mol. The zero-order valence-corrected chi connectivity index (χ0v) is 9.66. The third-order valence-corrected chi connectivity index (χ3v) is 2.87. The molecule has 86 valence electrons. The van der Waals surface area contributed by atoms with Crippen molar-refractivity contribution in [1.82, 2.24) is 5.32 Å². The maximum atomic E-state index is 11.0. The van der Waals surface area contributed by atoms with E-state index in [0.29, 0.717) is 6.54 Å². The molecule has 1 unspecified atom stereocenters. The minimum Gasteiger partial charge on any atom is -0.496 e. The second-order valence-corrected chi connectivity index (χ2v) is 3.95. The third kappa shape index (κ3) is 1.83. The molecule has 0 aromatic heterocycles. The number of hydrogen-bond acceptors (Lipinski definition) is 3. The minimum absolute atomic E-state index is 0.248. The summed E-state index contributed by atoms with van der Waals surface area (Å²) in [5.41, 5.74) is 3.25. The van der Waals surface area contributed by atoms with Crippen LogP contribution in [0, 0.1) is 13.8 Å². The number of amides is 1. The van der Waals surface area contributed by atoms with Gasteiger partial charge in [0.05, 0.1) is 13.7 Å². The molecular weight excluding hydrogens is 206 g/mol. The Balaban J connectivity index is 2.39. The summed E-state index contributed by atoms with van der Waals surface area (Å²) in [6.07, 6.45) is -0.618. The molecule has 1 aliphatic rings. The molecule has 1 atom stereocenters. The van der Waals surface area contributed by atoms with Gasteiger partial charge in [0.15, 0.2) is 0 Å². The highest BCUT2D eigenvalue weighted by Crippen LogP contribution is 2.31. The molecule has 0 radical (unpaired) electrons. The van der Waals surface area contributed by atoms with Crippen LogP contribution in [0.15, 0.2) is 12.1 Å². The van der Waals surface area contributed by atoms with E-state index in [4.69, 9.17) is 9.47 Å². The molecule has 1 aromatic carbocycles. The quantitative estimate of drug-likeness (QED) is 0.831. The van der Waals surface area contributed by atoms with Crippen LogP contribution in [0.3, 0.4) is 0 Å². The highest BCUT2D eigenvalue weighted by Gasteiger charge is 2.27. The van der Waals surface area contributed by atoms with E-state index in [2.05, 4.69) is 5.32 Å². The van der Waals surface area contributed by atoms with Crippen LogP contribution in [-0.2, 0) is 4.74 Å². The molecule has 0 bridgehead atoms. The Hall–Kier alpha value is -1.71. The van der Waals surface area contributed by atoms with Crippen molar-refractivity contribution in [3.63, 3.8) is 0 Å². The molecule has 1 saturated heterocycles. The van der Waals surface area contributed by atoms with Crippen LogP contribution in [0.1, 0.15) is 22.8 Å². The molecule has 1 fully saturated rings. The van der Waals surface area contributed by atoms with Crippen LogP contribution in [0.4, 0.5) is 4.79 Å². The van der Waals surface area contributed by atoms with E-state index >= 15 is 0 Å². The maximum absolute atomic E-state index is 11.0. The first-order valence-corrected chi connectivity index (χ1v) is 5.21. The first-order valence-electron chi connectivity index (χ1n) is 5.21. The van der Waals surface area contributed by atoms with E-state index in [1.165, 1.54) is 5.56 Å².